The number of amides is 1. The molecule has 2 heterocycles. The van der Waals surface area contributed by atoms with E-state index in [0.29, 0.717) is 68.8 Å². The highest BCUT2D eigenvalue weighted by Gasteiger charge is 2.26. The number of nitro groups is 1. The van der Waals surface area contributed by atoms with E-state index >= 15 is 0 Å². The SMILES string of the molecule is O=C(c1cccc(Cl)c1)N1CCN(c2ccc([N+](=O)[O-])c(N3CCOCC3)c2)CC1. The van der Waals surface area contributed by atoms with Crippen LogP contribution in [-0.2, 0) is 4.74 Å². The Morgan fingerprint density at radius 1 is 0.967 bits per heavy atom. The number of morpholine rings is 1. The molecular formula is C21H23ClN4O4. The first kappa shape index (κ1) is 20.4. The number of anilines is 2. The second kappa shape index (κ2) is 8.89. The second-order valence-corrected chi connectivity index (χ2v) is 7.76. The summed E-state index contributed by atoms with van der Waals surface area (Å²) in [7, 11) is 0. The predicted octanol–water partition coefficient (Wildman–Crippen LogP) is 3.05. The van der Waals surface area contributed by atoms with Gasteiger partial charge in [0.15, 0.2) is 0 Å². The van der Waals surface area contributed by atoms with E-state index < -0.39 is 0 Å². The van der Waals surface area contributed by atoms with Crippen LogP contribution in [0.3, 0.4) is 0 Å². The summed E-state index contributed by atoms with van der Waals surface area (Å²) in [5.74, 6) is -0.0325. The lowest BCUT2D eigenvalue weighted by Gasteiger charge is -2.37. The molecule has 9 heteroatoms. The van der Waals surface area contributed by atoms with Gasteiger partial charge in [-0.15, -0.1) is 0 Å². The van der Waals surface area contributed by atoms with Crippen LogP contribution in [0.5, 0.6) is 0 Å². The molecule has 0 N–H and O–H groups in total. The number of rotatable bonds is 4. The Hall–Kier alpha value is -2.84. The van der Waals surface area contributed by atoms with Crippen LogP contribution in [0.4, 0.5) is 17.1 Å². The molecule has 0 atom stereocenters. The molecule has 0 aromatic heterocycles. The van der Waals surface area contributed by atoms with E-state index in [1.807, 2.05) is 15.9 Å². The molecule has 0 saturated carbocycles. The first-order valence-electron chi connectivity index (χ1n) is 9.94. The minimum atomic E-state index is -0.337. The van der Waals surface area contributed by atoms with Crippen LogP contribution < -0.4 is 9.80 Å². The van der Waals surface area contributed by atoms with Crippen molar-refractivity contribution in [3.8, 4) is 0 Å². The van der Waals surface area contributed by atoms with Crippen LogP contribution in [0.15, 0.2) is 42.5 Å². The summed E-state index contributed by atoms with van der Waals surface area (Å²) in [6.45, 7) is 4.86. The van der Waals surface area contributed by atoms with Gasteiger partial charge in [-0.25, -0.2) is 0 Å². The molecule has 2 aliphatic rings. The maximum atomic E-state index is 12.7. The lowest BCUT2D eigenvalue weighted by Crippen LogP contribution is -2.48. The number of hydrogen-bond donors (Lipinski definition) is 0. The number of benzene rings is 2. The van der Waals surface area contributed by atoms with Crippen LogP contribution in [0.25, 0.3) is 0 Å². The zero-order valence-electron chi connectivity index (χ0n) is 16.5. The molecule has 0 radical (unpaired) electrons. The number of ether oxygens (including phenoxy) is 1. The summed E-state index contributed by atoms with van der Waals surface area (Å²) in [4.78, 5) is 29.9. The van der Waals surface area contributed by atoms with Crippen LogP contribution in [0.2, 0.25) is 5.02 Å². The van der Waals surface area contributed by atoms with E-state index in [-0.39, 0.29) is 16.5 Å². The van der Waals surface area contributed by atoms with Crippen molar-refractivity contribution in [2.45, 2.75) is 0 Å². The average Bonchev–Trinajstić information content (AvgIpc) is 2.79. The van der Waals surface area contributed by atoms with Crippen LogP contribution >= 0.6 is 11.6 Å². The molecule has 2 aromatic carbocycles. The van der Waals surface area contributed by atoms with Crippen molar-refractivity contribution < 1.29 is 14.5 Å². The molecule has 30 heavy (non-hydrogen) atoms. The maximum absolute atomic E-state index is 12.7. The number of nitro benzene ring substituents is 1. The van der Waals surface area contributed by atoms with Gasteiger partial charge in [0.1, 0.15) is 5.69 Å². The van der Waals surface area contributed by atoms with E-state index in [0.717, 1.165) is 5.69 Å². The number of nitrogens with zero attached hydrogens (tertiary/aromatic N) is 4. The van der Waals surface area contributed by atoms with Gasteiger partial charge in [0.05, 0.1) is 18.1 Å². The maximum Gasteiger partial charge on any atom is 0.292 e. The monoisotopic (exact) mass is 430 g/mol. The van der Waals surface area contributed by atoms with Crippen molar-refractivity contribution in [1.29, 1.82) is 0 Å². The van der Waals surface area contributed by atoms with Crippen molar-refractivity contribution in [1.82, 2.24) is 4.90 Å². The lowest BCUT2D eigenvalue weighted by atomic mass is 10.1. The highest BCUT2D eigenvalue weighted by molar-refractivity contribution is 6.30. The number of hydrogen-bond acceptors (Lipinski definition) is 6. The zero-order valence-corrected chi connectivity index (χ0v) is 17.3. The molecule has 2 aromatic rings. The van der Waals surface area contributed by atoms with Crippen molar-refractivity contribution in [2.75, 3.05) is 62.3 Å². The first-order chi connectivity index (χ1) is 14.5. The predicted molar refractivity (Wildman–Crippen MR) is 116 cm³/mol. The van der Waals surface area contributed by atoms with Gasteiger partial charge in [0, 0.05) is 61.6 Å². The van der Waals surface area contributed by atoms with Gasteiger partial charge in [-0.3, -0.25) is 14.9 Å². The Bertz CT molecular complexity index is 940. The fourth-order valence-corrected chi connectivity index (χ4v) is 4.08. The third-order valence-corrected chi connectivity index (χ3v) is 5.75. The fourth-order valence-electron chi connectivity index (χ4n) is 3.89. The van der Waals surface area contributed by atoms with Gasteiger partial charge < -0.3 is 19.4 Å². The van der Waals surface area contributed by atoms with Crippen LogP contribution in [0, 0.1) is 10.1 Å². The van der Waals surface area contributed by atoms with Crippen molar-refractivity contribution in [3.63, 3.8) is 0 Å². The third-order valence-electron chi connectivity index (χ3n) is 5.51. The molecule has 0 spiro atoms. The summed E-state index contributed by atoms with van der Waals surface area (Å²) >= 11 is 6.01. The van der Waals surface area contributed by atoms with Crippen LogP contribution in [0.1, 0.15) is 10.4 Å². The van der Waals surface area contributed by atoms with Gasteiger partial charge in [-0.05, 0) is 30.3 Å². The minimum absolute atomic E-state index is 0.0325. The lowest BCUT2D eigenvalue weighted by molar-refractivity contribution is -0.384. The van der Waals surface area contributed by atoms with E-state index in [1.54, 1.807) is 36.4 Å². The quantitative estimate of drug-likeness (QED) is 0.548. The normalized spacial score (nSPS) is 17.2. The topological polar surface area (TPSA) is 79.2 Å². The Kier molecular flexibility index (Phi) is 6.06. The molecule has 158 valence electrons. The van der Waals surface area contributed by atoms with Crippen molar-refractivity contribution in [2.24, 2.45) is 0 Å². The first-order valence-corrected chi connectivity index (χ1v) is 10.3. The van der Waals surface area contributed by atoms with E-state index in [4.69, 9.17) is 16.3 Å². The highest BCUT2D eigenvalue weighted by atomic mass is 35.5. The van der Waals surface area contributed by atoms with E-state index in [1.165, 1.54) is 0 Å². The van der Waals surface area contributed by atoms with E-state index in [2.05, 4.69) is 4.90 Å². The molecular weight excluding hydrogens is 408 g/mol. The largest absolute Gasteiger partial charge is 0.378 e. The number of carbonyl (C=O) groups excluding carboxylic acids is 1. The smallest absolute Gasteiger partial charge is 0.292 e. The Labute approximate surface area is 179 Å². The molecule has 1 amide bonds. The average molecular weight is 431 g/mol. The molecule has 0 unspecified atom stereocenters. The molecule has 0 aliphatic carbocycles. The Balaban J connectivity index is 1.48. The van der Waals surface area contributed by atoms with Gasteiger partial charge in [0.2, 0.25) is 0 Å². The summed E-state index contributed by atoms with van der Waals surface area (Å²) in [5, 5.41) is 12.1. The summed E-state index contributed by atoms with van der Waals surface area (Å²) in [5.41, 5.74) is 2.24. The number of halogens is 1. The summed E-state index contributed by atoms with van der Waals surface area (Å²) in [6.07, 6.45) is 0. The number of carbonyl (C=O) groups is 1. The minimum Gasteiger partial charge on any atom is -0.378 e. The summed E-state index contributed by atoms with van der Waals surface area (Å²) in [6, 6.07) is 12.2. The third kappa shape index (κ3) is 4.34. The van der Waals surface area contributed by atoms with Gasteiger partial charge >= 0.3 is 0 Å². The molecule has 4 rings (SSSR count). The molecule has 0 bridgehead atoms. The molecule has 2 aliphatic heterocycles. The Morgan fingerprint density at radius 2 is 1.70 bits per heavy atom. The highest BCUT2D eigenvalue weighted by Crippen LogP contribution is 2.33. The van der Waals surface area contributed by atoms with Gasteiger partial charge in [0.25, 0.3) is 11.6 Å². The zero-order chi connectivity index (χ0) is 21.1. The number of piperazine rings is 1. The van der Waals surface area contributed by atoms with E-state index in [9.17, 15) is 14.9 Å². The summed E-state index contributed by atoms with van der Waals surface area (Å²) < 4.78 is 5.38. The molecule has 2 saturated heterocycles. The van der Waals surface area contributed by atoms with Crippen molar-refractivity contribution in [3.05, 3.63) is 63.2 Å². The second-order valence-electron chi connectivity index (χ2n) is 7.32. The van der Waals surface area contributed by atoms with Crippen LogP contribution in [-0.4, -0.2) is 68.2 Å². The van der Waals surface area contributed by atoms with Crippen molar-refractivity contribution >= 4 is 34.6 Å². The van der Waals surface area contributed by atoms with Gasteiger partial charge in [-0.2, -0.15) is 0 Å². The fraction of sp³-hybridized carbons (Fsp3) is 0.381. The molecule has 2 fully saturated rings. The van der Waals surface area contributed by atoms with Gasteiger partial charge in [-0.1, -0.05) is 17.7 Å². The Morgan fingerprint density at radius 3 is 2.37 bits per heavy atom. The standard InChI is InChI=1S/C21H23ClN4O4/c22-17-3-1-2-16(14-17)21(27)25-8-6-23(7-9-25)18-4-5-19(26(28)29)20(15-18)24-10-12-30-13-11-24/h1-5,14-15H,6-13H2. The molecule has 8 nitrogen and oxygen atoms in total.